The lowest BCUT2D eigenvalue weighted by atomic mass is 9.80. The molecule has 1 aromatic carbocycles. The molecule has 0 bridgehead atoms. The molecule has 3 heterocycles. The van der Waals surface area contributed by atoms with E-state index in [9.17, 15) is 0 Å². The van der Waals surface area contributed by atoms with Gasteiger partial charge in [0.2, 0.25) is 0 Å². The summed E-state index contributed by atoms with van der Waals surface area (Å²) in [5.74, 6) is 0. The smallest absolute Gasteiger partial charge is 0.403 e. The van der Waals surface area contributed by atoms with E-state index in [1.807, 2.05) is 16.9 Å². The van der Waals surface area contributed by atoms with Crippen molar-refractivity contribution in [3.8, 4) is 0 Å². The molecule has 7 heteroatoms. The lowest BCUT2D eigenvalue weighted by molar-refractivity contribution is -0.0366. The highest BCUT2D eigenvalue weighted by molar-refractivity contribution is 6.45. The average molecular weight is 377 g/mol. The largest absolute Gasteiger partial charge is 0.462 e. The fourth-order valence-electron chi connectivity index (χ4n) is 3.69. The van der Waals surface area contributed by atoms with E-state index < -0.39 is 0 Å². The molecule has 0 aliphatic carbocycles. The van der Waals surface area contributed by atoms with Crippen LogP contribution in [-0.2, 0) is 20.4 Å². The predicted octanol–water partition coefficient (Wildman–Crippen LogP) is 4.56. The minimum atomic E-state index is -0.325. The number of rotatable bonds is 3. The molecule has 0 radical (unpaired) electrons. The van der Waals surface area contributed by atoms with Crippen molar-refractivity contribution in [3.05, 3.63) is 28.9 Å². The molecule has 5 nitrogen and oxygen atoms in total. The van der Waals surface area contributed by atoms with Crippen LogP contribution in [0, 0.1) is 0 Å². The Balaban J connectivity index is 1.59. The van der Waals surface area contributed by atoms with E-state index in [1.54, 1.807) is 0 Å². The maximum Gasteiger partial charge on any atom is 0.462 e. The van der Waals surface area contributed by atoms with Gasteiger partial charge in [0, 0.05) is 18.3 Å². The zero-order chi connectivity index (χ0) is 18.5. The number of halogens is 1. The van der Waals surface area contributed by atoms with E-state index in [0.29, 0.717) is 11.3 Å². The highest BCUT2D eigenvalue weighted by atomic mass is 35.5. The molecule has 26 heavy (non-hydrogen) atoms. The van der Waals surface area contributed by atoms with Crippen molar-refractivity contribution in [2.75, 3.05) is 6.61 Å². The van der Waals surface area contributed by atoms with Gasteiger partial charge in [0.15, 0.2) is 6.23 Å². The highest BCUT2D eigenvalue weighted by Gasteiger charge is 2.50. The number of ether oxygens (including phenoxy) is 1. The van der Waals surface area contributed by atoms with Crippen molar-refractivity contribution in [1.82, 2.24) is 9.78 Å². The standard InChI is InChI=1S/C19H26BClN2O3/c1-18(2)19(3,4)26-20(25-18)11-13-9-14-12-22-23(17(14)15(21)10-13)16-7-5-6-8-24-16/h9-10,12,16H,5-8,11H2,1-4H3. The van der Waals surface area contributed by atoms with Crippen molar-refractivity contribution in [1.29, 1.82) is 0 Å². The quantitative estimate of drug-likeness (QED) is 0.737. The van der Waals surface area contributed by atoms with Gasteiger partial charge in [-0.25, -0.2) is 4.68 Å². The molecule has 2 aromatic rings. The molecule has 2 saturated heterocycles. The second-order valence-corrected chi connectivity index (χ2v) is 8.72. The van der Waals surface area contributed by atoms with Gasteiger partial charge in [0.1, 0.15) is 0 Å². The first-order valence-corrected chi connectivity index (χ1v) is 9.77. The maximum absolute atomic E-state index is 6.63. The van der Waals surface area contributed by atoms with Crippen LogP contribution in [0.4, 0.5) is 0 Å². The van der Waals surface area contributed by atoms with Crippen molar-refractivity contribution >= 4 is 29.6 Å². The van der Waals surface area contributed by atoms with Gasteiger partial charge >= 0.3 is 7.12 Å². The highest BCUT2D eigenvalue weighted by Crippen LogP contribution is 2.38. The van der Waals surface area contributed by atoms with Crippen molar-refractivity contribution in [2.24, 2.45) is 0 Å². The second-order valence-electron chi connectivity index (χ2n) is 8.32. The number of fused-ring (bicyclic) bond motifs is 1. The van der Waals surface area contributed by atoms with Gasteiger partial charge in [-0.3, -0.25) is 0 Å². The molecule has 2 aliphatic heterocycles. The number of benzene rings is 1. The first-order valence-electron chi connectivity index (χ1n) is 9.40. The minimum absolute atomic E-state index is 0.0207. The molecule has 1 aromatic heterocycles. The summed E-state index contributed by atoms with van der Waals surface area (Å²) in [6.07, 6.45) is 5.75. The number of nitrogens with zero attached hydrogens (tertiary/aromatic N) is 2. The number of aromatic nitrogens is 2. The lowest BCUT2D eigenvalue weighted by Gasteiger charge is -2.32. The van der Waals surface area contributed by atoms with Crippen molar-refractivity contribution in [3.63, 3.8) is 0 Å². The molecule has 2 fully saturated rings. The van der Waals surface area contributed by atoms with E-state index >= 15 is 0 Å². The van der Waals surface area contributed by atoms with Crippen LogP contribution >= 0.6 is 11.6 Å². The summed E-state index contributed by atoms with van der Waals surface area (Å²) < 4.78 is 20.0. The van der Waals surface area contributed by atoms with Crippen LogP contribution in [0.25, 0.3) is 10.9 Å². The Hall–Kier alpha value is -1.08. The van der Waals surface area contributed by atoms with Gasteiger partial charge in [0.05, 0.1) is 27.9 Å². The Morgan fingerprint density at radius 2 is 1.92 bits per heavy atom. The normalized spacial score (nSPS) is 25.1. The van der Waals surface area contributed by atoms with Crippen LogP contribution < -0.4 is 0 Å². The minimum Gasteiger partial charge on any atom is -0.403 e. The Kier molecular flexibility index (Phi) is 4.59. The van der Waals surface area contributed by atoms with E-state index in [-0.39, 0.29) is 24.5 Å². The average Bonchev–Trinajstić information content (AvgIpc) is 3.07. The summed E-state index contributed by atoms with van der Waals surface area (Å²) >= 11 is 6.63. The third-order valence-electron chi connectivity index (χ3n) is 5.84. The Bertz CT molecular complexity index is 798. The summed E-state index contributed by atoms with van der Waals surface area (Å²) in [6, 6.07) is 4.12. The van der Waals surface area contributed by atoms with Gasteiger partial charge < -0.3 is 14.0 Å². The number of hydrogen-bond acceptors (Lipinski definition) is 4. The summed E-state index contributed by atoms with van der Waals surface area (Å²) in [6.45, 7) is 9.05. The van der Waals surface area contributed by atoms with Gasteiger partial charge in [-0.2, -0.15) is 5.10 Å². The second kappa shape index (κ2) is 6.52. The molecule has 0 amide bonds. The molecule has 0 saturated carbocycles. The van der Waals surface area contributed by atoms with Crippen LogP contribution in [0.15, 0.2) is 18.3 Å². The van der Waals surface area contributed by atoms with Gasteiger partial charge in [-0.1, -0.05) is 11.6 Å². The van der Waals surface area contributed by atoms with E-state index in [4.69, 9.17) is 25.6 Å². The van der Waals surface area contributed by atoms with E-state index in [1.165, 1.54) is 0 Å². The topological polar surface area (TPSA) is 45.5 Å². The molecule has 1 atom stereocenters. The molecule has 4 rings (SSSR count). The molecule has 1 unspecified atom stereocenters. The Labute approximate surface area is 160 Å². The van der Waals surface area contributed by atoms with Crippen LogP contribution in [0.1, 0.15) is 58.7 Å². The molecule has 2 aliphatic rings. The lowest BCUT2D eigenvalue weighted by Crippen LogP contribution is -2.41. The van der Waals surface area contributed by atoms with Gasteiger partial charge in [-0.15, -0.1) is 0 Å². The molecule has 0 spiro atoms. The molecule has 140 valence electrons. The number of hydrogen-bond donors (Lipinski definition) is 0. The third kappa shape index (κ3) is 3.17. The van der Waals surface area contributed by atoms with Crippen molar-refractivity contribution < 1.29 is 14.0 Å². The zero-order valence-corrected chi connectivity index (χ0v) is 16.7. The van der Waals surface area contributed by atoms with Crippen LogP contribution in [0.3, 0.4) is 0 Å². The molecular formula is C19H26BClN2O3. The fraction of sp³-hybridized carbons (Fsp3) is 0.632. The monoisotopic (exact) mass is 376 g/mol. The van der Waals surface area contributed by atoms with Crippen LogP contribution in [0.2, 0.25) is 5.02 Å². The van der Waals surface area contributed by atoms with E-state index in [2.05, 4.69) is 38.9 Å². The Morgan fingerprint density at radius 1 is 1.19 bits per heavy atom. The molecular weight excluding hydrogens is 350 g/mol. The summed E-state index contributed by atoms with van der Waals surface area (Å²) in [5.41, 5.74) is 1.38. The summed E-state index contributed by atoms with van der Waals surface area (Å²) in [5, 5.41) is 6.26. The summed E-state index contributed by atoms with van der Waals surface area (Å²) in [7, 11) is -0.273. The van der Waals surface area contributed by atoms with Gasteiger partial charge in [0.25, 0.3) is 0 Å². The fourth-order valence-corrected chi connectivity index (χ4v) is 4.03. The zero-order valence-electron chi connectivity index (χ0n) is 15.9. The predicted molar refractivity (Wildman–Crippen MR) is 103 cm³/mol. The first-order chi connectivity index (χ1) is 12.3. The SMILES string of the molecule is CC1(C)OB(Cc2cc(Cl)c3c(cnn3C3CCCCO3)c2)OC1(C)C. The van der Waals surface area contributed by atoms with Gasteiger partial charge in [-0.05, 0) is 64.7 Å². The van der Waals surface area contributed by atoms with Crippen molar-refractivity contribution in [2.45, 2.75) is 70.7 Å². The first kappa shape index (κ1) is 18.3. The molecule has 0 N–H and O–H groups in total. The summed E-state index contributed by atoms with van der Waals surface area (Å²) in [4.78, 5) is 0. The van der Waals surface area contributed by atoms with E-state index in [0.717, 1.165) is 42.3 Å². The maximum atomic E-state index is 6.63. The third-order valence-corrected chi connectivity index (χ3v) is 6.12. The van der Waals surface area contributed by atoms with Crippen LogP contribution in [-0.4, -0.2) is 34.7 Å². The Morgan fingerprint density at radius 3 is 2.58 bits per heavy atom. The van der Waals surface area contributed by atoms with Crippen LogP contribution in [0.5, 0.6) is 0 Å².